The zero-order chi connectivity index (χ0) is 21.5. The molecule has 0 radical (unpaired) electrons. The van der Waals surface area contributed by atoms with Gasteiger partial charge in [0.15, 0.2) is 6.61 Å². The van der Waals surface area contributed by atoms with Gasteiger partial charge in [-0.25, -0.2) is 4.79 Å². The molecule has 0 aliphatic heterocycles. The van der Waals surface area contributed by atoms with E-state index in [1.807, 2.05) is 18.4 Å². The molecule has 0 spiro atoms. The Labute approximate surface area is 177 Å². The van der Waals surface area contributed by atoms with Gasteiger partial charge in [-0.3, -0.25) is 9.59 Å². The molecule has 0 bridgehead atoms. The minimum absolute atomic E-state index is 0.181. The van der Waals surface area contributed by atoms with Crippen LogP contribution in [0.1, 0.15) is 25.6 Å². The predicted molar refractivity (Wildman–Crippen MR) is 115 cm³/mol. The van der Waals surface area contributed by atoms with Crippen LogP contribution in [0.2, 0.25) is 0 Å². The summed E-state index contributed by atoms with van der Waals surface area (Å²) in [5.74, 6) is -0.580. The molecule has 0 saturated heterocycles. The van der Waals surface area contributed by atoms with Crippen LogP contribution in [0.15, 0.2) is 60.0 Å². The first-order valence-electron chi connectivity index (χ1n) is 9.03. The van der Waals surface area contributed by atoms with Gasteiger partial charge in [0.05, 0.1) is 17.6 Å². The number of hydrogen-bond donors (Lipinski definition) is 2. The fourth-order valence-corrected chi connectivity index (χ4v) is 3.20. The van der Waals surface area contributed by atoms with E-state index in [0.29, 0.717) is 27.6 Å². The summed E-state index contributed by atoms with van der Waals surface area (Å²) in [6, 6.07) is 15.2. The number of benzene rings is 2. The van der Waals surface area contributed by atoms with Gasteiger partial charge in [0.25, 0.3) is 11.8 Å². The number of rotatable bonds is 7. The van der Waals surface area contributed by atoms with Crippen molar-refractivity contribution in [1.29, 1.82) is 0 Å². The van der Waals surface area contributed by atoms with E-state index in [1.165, 1.54) is 18.4 Å². The molecule has 2 amide bonds. The van der Waals surface area contributed by atoms with E-state index in [1.54, 1.807) is 48.5 Å². The monoisotopic (exact) mass is 424 g/mol. The highest BCUT2D eigenvalue weighted by atomic mass is 32.1. The van der Waals surface area contributed by atoms with Gasteiger partial charge in [0.1, 0.15) is 5.75 Å². The maximum absolute atomic E-state index is 12.2. The average molecular weight is 424 g/mol. The topological polar surface area (TPSA) is 93.7 Å². The van der Waals surface area contributed by atoms with Crippen molar-refractivity contribution >= 4 is 40.5 Å². The van der Waals surface area contributed by atoms with Crippen molar-refractivity contribution in [1.82, 2.24) is 0 Å². The van der Waals surface area contributed by atoms with Crippen LogP contribution >= 0.6 is 11.3 Å². The molecule has 30 heavy (non-hydrogen) atoms. The summed E-state index contributed by atoms with van der Waals surface area (Å²) in [6.45, 7) is 1.60. The highest BCUT2D eigenvalue weighted by Crippen LogP contribution is 2.21. The Bertz CT molecular complexity index is 1050. The van der Waals surface area contributed by atoms with Crippen molar-refractivity contribution in [2.24, 2.45) is 0 Å². The van der Waals surface area contributed by atoms with E-state index in [2.05, 4.69) is 10.6 Å². The second kappa shape index (κ2) is 9.71. The first-order chi connectivity index (χ1) is 14.5. The minimum Gasteiger partial charge on any atom is -0.483 e. The summed E-state index contributed by atoms with van der Waals surface area (Å²) < 4.78 is 10.2. The molecular formula is C22H20N2O5S. The molecule has 2 aromatic carbocycles. The molecule has 1 aromatic heterocycles. The summed E-state index contributed by atoms with van der Waals surface area (Å²) in [5.41, 5.74) is 2.33. The molecular weight excluding hydrogens is 404 g/mol. The van der Waals surface area contributed by atoms with E-state index in [-0.39, 0.29) is 18.4 Å². The van der Waals surface area contributed by atoms with Gasteiger partial charge in [0, 0.05) is 11.4 Å². The van der Waals surface area contributed by atoms with Crippen molar-refractivity contribution in [2.45, 2.75) is 6.92 Å². The Kier molecular flexibility index (Phi) is 6.82. The number of esters is 1. The lowest BCUT2D eigenvalue weighted by molar-refractivity contribution is -0.118. The number of amides is 2. The third kappa shape index (κ3) is 5.45. The summed E-state index contributed by atoms with van der Waals surface area (Å²) >= 11 is 1.36. The van der Waals surface area contributed by atoms with Gasteiger partial charge < -0.3 is 20.1 Å². The van der Waals surface area contributed by atoms with E-state index >= 15 is 0 Å². The number of carbonyl (C=O) groups is 3. The van der Waals surface area contributed by atoms with Gasteiger partial charge in [-0.15, -0.1) is 11.3 Å². The molecule has 0 fully saturated rings. The molecule has 0 saturated carbocycles. The zero-order valence-corrected chi connectivity index (χ0v) is 17.2. The second-order valence-corrected chi connectivity index (χ2v) is 7.27. The maximum atomic E-state index is 12.2. The largest absolute Gasteiger partial charge is 0.483 e. The number of aryl methyl sites for hydroxylation is 1. The highest BCUT2D eigenvalue weighted by Gasteiger charge is 2.11. The summed E-state index contributed by atoms with van der Waals surface area (Å²) in [5, 5.41) is 7.35. The van der Waals surface area contributed by atoms with E-state index < -0.39 is 5.97 Å². The average Bonchev–Trinajstić information content (AvgIpc) is 3.29. The van der Waals surface area contributed by atoms with E-state index in [9.17, 15) is 14.4 Å². The lowest BCUT2D eigenvalue weighted by Crippen LogP contribution is -2.20. The predicted octanol–water partition coefficient (Wildman–Crippen LogP) is 4.11. The first-order valence-corrected chi connectivity index (χ1v) is 9.91. The molecule has 3 rings (SSSR count). The number of thiophene rings is 1. The number of nitrogens with one attached hydrogen (secondary N) is 2. The number of hydrogen-bond acceptors (Lipinski definition) is 6. The Hall–Kier alpha value is -3.65. The smallest absolute Gasteiger partial charge is 0.337 e. The SMILES string of the molecule is COC(=O)c1ccc(C)c(OCC(=O)Nc2ccc(NC(=O)c3cccs3)cc2)c1. The van der Waals surface area contributed by atoms with Crippen molar-refractivity contribution < 1.29 is 23.9 Å². The normalized spacial score (nSPS) is 10.2. The number of anilines is 2. The summed E-state index contributed by atoms with van der Waals surface area (Å²) in [7, 11) is 1.30. The third-order valence-corrected chi connectivity index (χ3v) is 5.01. The van der Waals surface area contributed by atoms with Crippen molar-refractivity contribution in [3.05, 3.63) is 76.0 Å². The molecule has 0 atom stereocenters. The maximum Gasteiger partial charge on any atom is 0.337 e. The molecule has 1 heterocycles. The van der Waals surface area contributed by atoms with Crippen LogP contribution in [0.5, 0.6) is 5.75 Å². The van der Waals surface area contributed by atoms with Crippen LogP contribution in [-0.4, -0.2) is 31.5 Å². The Morgan fingerprint density at radius 2 is 1.67 bits per heavy atom. The lowest BCUT2D eigenvalue weighted by atomic mass is 10.1. The van der Waals surface area contributed by atoms with Crippen LogP contribution in [0.3, 0.4) is 0 Å². The second-order valence-electron chi connectivity index (χ2n) is 6.32. The zero-order valence-electron chi connectivity index (χ0n) is 16.4. The third-order valence-electron chi connectivity index (χ3n) is 4.14. The first kappa shape index (κ1) is 21.1. The summed E-state index contributed by atoms with van der Waals surface area (Å²) in [4.78, 5) is 36.5. The fraction of sp³-hybridized carbons (Fsp3) is 0.136. The minimum atomic E-state index is -0.476. The van der Waals surface area contributed by atoms with Crippen LogP contribution in [0, 0.1) is 6.92 Å². The quantitative estimate of drug-likeness (QED) is 0.557. The molecule has 0 aliphatic rings. The lowest BCUT2D eigenvalue weighted by Gasteiger charge is -2.11. The molecule has 2 N–H and O–H groups in total. The van der Waals surface area contributed by atoms with Gasteiger partial charge in [-0.1, -0.05) is 12.1 Å². The van der Waals surface area contributed by atoms with Crippen LogP contribution in [0.25, 0.3) is 0 Å². The number of ether oxygens (including phenoxy) is 2. The summed E-state index contributed by atoms with van der Waals surface area (Å²) in [6.07, 6.45) is 0. The molecule has 154 valence electrons. The van der Waals surface area contributed by atoms with Crippen LogP contribution < -0.4 is 15.4 Å². The van der Waals surface area contributed by atoms with E-state index in [0.717, 1.165) is 5.56 Å². The number of carbonyl (C=O) groups excluding carboxylic acids is 3. The number of methoxy groups -OCH3 is 1. The van der Waals surface area contributed by atoms with Crippen LogP contribution in [0.4, 0.5) is 11.4 Å². The van der Waals surface area contributed by atoms with Crippen molar-refractivity contribution in [3.63, 3.8) is 0 Å². The van der Waals surface area contributed by atoms with Gasteiger partial charge in [-0.05, 0) is 60.3 Å². The van der Waals surface area contributed by atoms with E-state index in [4.69, 9.17) is 9.47 Å². The molecule has 0 unspecified atom stereocenters. The van der Waals surface area contributed by atoms with Crippen molar-refractivity contribution in [2.75, 3.05) is 24.4 Å². The standard InChI is InChI=1S/C22H20N2O5S/c1-14-5-6-15(22(27)28-2)12-18(14)29-13-20(25)23-16-7-9-17(10-8-16)24-21(26)19-4-3-11-30-19/h3-12H,13H2,1-2H3,(H,23,25)(H,24,26). The fourth-order valence-electron chi connectivity index (χ4n) is 2.58. The molecule has 0 aliphatic carbocycles. The highest BCUT2D eigenvalue weighted by molar-refractivity contribution is 7.12. The Morgan fingerprint density at radius 3 is 2.30 bits per heavy atom. The molecule has 3 aromatic rings. The van der Waals surface area contributed by atoms with Crippen LogP contribution in [-0.2, 0) is 9.53 Å². The van der Waals surface area contributed by atoms with Gasteiger partial charge in [-0.2, -0.15) is 0 Å². The van der Waals surface area contributed by atoms with Gasteiger partial charge in [0.2, 0.25) is 0 Å². The van der Waals surface area contributed by atoms with Gasteiger partial charge >= 0.3 is 5.97 Å². The Morgan fingerprint density at radius 1 is 0.967 bits per heavy atom. The molecule has 7 nitrogen and oxygen atoms in total. The molecule has 8 heteroatoms. The van der Waals surface area contributed by atoms with Crippen molar-refractivity contribution in [3.8, 4) is 5.75 Å². The Balaban J connectivity index is 1.54.